The van der Waals surface area contributed by atoms with E-state index in [1.165, 1.54) is 25.3 Å². The van der Waals surface area contributed by atoms with Crippen molar-refractivity contribution in [3.63, 3.8) is 0 Å². The molecule has 23 heavy (non-hydrogen) atoms. The fourth-order valence-corrected chi connectivity index (χ4v) is 2.02. The minimum absolute atomic E-state index is 0.0770. The lowest BCUT2D eigenvalue weighted by Gasteiger charge is -2.14. The van der Waals surface area contributed by atoms with Crippen LogP contribution in [0.3, 0.4) is 0 Å². The van der Waals surface area contributed by atoms with Crippen LogP contribution in [-0.2, 0) is 4.74 Å². The first-order valence-electron chi connectivity index (χ1n) is 6.66. The summed E-state index contributed by atoms with van der Waals surface area (Å²) in [7, 11) is 1.26. The Kier molecular flexibility index (Phi) is 4.18. The second kappa shape index (κ2) is 5.92. The van der Waals surface area contributed by atoms with Crippen LogP contribution in [0.5, 0.6) is 23.0 Å². The molecule has 4 N–H and O–H groups in total. The molecular formula is C17H17NO5. The van der Waals surface area contributed by atoms with Crippen LogP contribution >= 0.6 is 0 Å². The van der Waals surface area contributed by atoms with Crippen LogP contribution in [-0.4, -0.2) is 23.3 Å². The molecule has 0 unspecified atom stereocenters. The maximum atomic E-state index is 11.6. The van der Waals surface area contributed by atoms with Gasteiger partial charge in [0, 0.05) is 10.8 Å². The molecule has 2 aromatic carbocycles. The summed E-state index contributed by atoms with van der Waals surface area (Å²) in [5, 5.41) is 20.5. The molecular weight excluding hydrogens is 298 g/mol. The summed E-state index contributed by atoms with van der Waals surface area (Å²) < 4.78 is 10.2. The van der Waals surface area contributed by atoms with Crippen molar-refractivity contribution in [3.8, 4) is 23.0 Å². The number of carbonyl (C=O) groups is 1. The van der Waals surface area contributed by atoms with E-state index in [-0.39, 0.29) is 44.7 Å². The van der Waals surface area contributed by atoms with Crippen molar-refractivity contribution in [2.75, 3.05) is 12.8 Å². The Morgan fingerprint density at radius 2 is 1.83 bits per heavy atom. The molecule has 6 nitrogen and oxygen atoms in total. The molecule has 0 spiro atoms. The number of phenolic OH excluding ortho intramolecular Hbond substituents is 2. The highest BCUT2D eigenvalue weighted by atomic mass is 16.5. The van der Waals surface area contributed by atoms with Gasteiger partial charge < -0.3 is 25.4 Å². The van der Waals surface area contributed by atoms with Crippen LogP contribution in [0.1, 0.15) is 15.9 Å². The summed E-state index contributed by atoms with van der Waals surface area (Å²) in [6.45, 7) is 8.97. The smallest absolute Gasteiger partial charge is 0.337 e. The number of benzene rings is 2. The number of carbonyl (C=O) groups excluding carboxylic acids is 1. The number of nitrogen functional groups attached to an aromatic ring is 1. The van der Waals surface area contributed by atoms with E-state index in [1.54, 1.807) is 6.92 Å². The van der Waals surface area contributed by atoms with Gasteiger partial charge in [0.1, 0.15) is 5.75 Å². The number of hydrogen-bond donors (Lipinski definition) is 3. The predicted molar refractivity (Wildman–Crippen MR) is 87.1 cm³/mol. The number of ether oxygens (including phenoxy) is 2. The molecule has 0 aliphatic heterocycles. The Morgan fingerprint density at radius 1 is 1.17 bits per heavy atom. The maximum absolute atomic E-state index is 11.6. The van der Waals surface area contributed by atoms with Gasteiger partial charge in [-0.1, -0.05) is 13.2 Å². The Hall–Kier alpha value is -3.15. The molecule has 0 radical (unpaired) electrons. The molecule has 0 saturated heterocycles. The van der Waals surface area contributed by atoms with Gasteiger partial charge in [0.15, 0.2) is 17.2 Å². The van der Waals surface area contributed by atoms with E-state index in [4.69, 9.17) is 10.5 Å². The minimum Gasteiger partial charge on any atom is -0.507 e. The molecule has 0 aliphatic rings. The highest BCUT2D eigenvalue weighted by molar-refractivity contribution is 5.90. The van der Waals surface area contributed by atoms with Crippen LogP contribution in [0, 0.1) is 6.92 Å². The van der Waals surface area contributed by atoms with Gasteiger partial charge in [0.05, 0.1) is 23.6 Å². The van der Waals surface area contributed by atoms with Gasteiger partial charge in [0.2, 0.25) is 0 Å². The summed E-state index contributed by atoms with van der Waals surface area (Å²) in [5.41, 5.74) is 6.69. The highest BCUT2D eigenvalue weighted by Gasteiger charge is 2.16. The summed E-state index contributed by atoms with van der Waals surface area (Å²) in [6.07, 6.45) is 0. The number of rotatable bonds is 3. The number of hydrogen-bond acceptors (Lipinski definition) is 6. The Bertz CT molecular complexity index is 889. The molecule has 2 aromatic rings. The number of esters is 1. The monoisotopic (exact) mass is 315 g/mol. The first-order valence-corrected chi connectivity index (χ1v) is 6.66. The van der Waals surface area contributed by atoms with Gasteiger partial charge in [-0.05, 0) is 25.1 Å². The second-order valence-electron chi connectivity index (χ2n) is 4.95. The maximum Gasteiger partial charge on any atom is 0.337 e. The normalized spacial score (nSPS) is 10.3. The predicted octanol–water partition coefficient (Wildman–Crippen LogP) is 1.39. The van der Waals surface area contributed by atoms with Gasteiger partial charge >= 0.3 is 5.97 Å². The molecule has 0 aliphatic carbocycles. The molecule has 0 amide bonds. The van der Waals surface area contributed by atoms with Crippen LogP contribution in [0.4, 0.5) is 5.69 Å². The third kappa shape index (κ3) is 2.78. The van der Waals surface area contributed by atoms with Gasteiger partial charge in [0.25, 0.3) is 0 Å². The molecule has 0 saturated carbocycles. The average Bonchev–Trinajstić information content (AvgIpc) is 2.55. The molecule has 0 aromatic heterocycles. The zero-order chi connectivity index (χ0) is 17.3. The lowest BCUT2D eigenvalue weighted by atomic mass is 10.1. The summed E-state index contributed by atoms with van der Waals surface area (Å²) in [4.78, 5) is 11.6. The van der Waals surface area contributed by atoms with Crippen molar-refractivity contribution < 1.29 is 24.5 Å². The summed E-state index contributed by atoms with van der Waals surface area (Å²) in [5.74, 6) is -0.903. The molecule has 6 heteroatoms. The van der Waals surface area contributed by atoms with E-state index in [1.807, 2.05) is 0 Å². The van der Waals surface area contributed by atoms with E-state index in [0.717, 1.165) is 0 Å². The standard InChI is InChI=1S/C17H17NO5/c1-8-9(2)15(20)16(10(3)14(8)19)23-13-7-11(17(21)22-4)5-6-12(13)18/h5-7,19-20H,2-3,18H2,1,4H3. The lowest BCUT2D eigenvalue weighted by molar-refractivity contribution is 0.0600. The summed E-state index contributed by atoms with van der Waals surface area (Å²) >= 11 is 0. The molecule has 0 atom stereocenters. The van der Waals surface area contributed by atoms with E-state index >= 15 is 0 Å². The molecule has 2 rings (SSSR count). The average molecular weight is 315 g/mol. The first-order chi connectivity index (χ1) is 10.8. The van der Waals surface area contributed by atoms with Gasteiger partial charge in [-0.25, -0.2) is 4.79 Å². The fraction of sp³-hybridized carbons (Fsp3) is 0.118. The molecule has 120 valence electrons. The molecule has 0 bridgehead atoms. The van der Waals surface area contributed by atoms with Crippen molar-refractivity contribution in [2.45, 2.75) is 6.92 Å². The third-order valence-corrected chi connectivity index (χ3v) is 3.52. The van der Waals surface area contributed by atoms with Crippen LogP contribution in [0.2, 0.25) is 0 Å². The molecule has 0 fully saturated rings. The van der Waals surface area contributed by atoms with Crippen molar-refractivity contribution in [3.05, 3.63) is 39.8 Å². The van der Waals surface area contributed by atoms with Crippen molar-refractivity contribution in [1.29, 1.82) is 0 Å². The number of anilines is 1. The number of phenols is 2. The van der Waals surface area contributed by atoms with Crippen LogP contribution in [0.15, 0.2) is 18.2 Å². The van der Waals surface area contributed by atoms with Crippen LogP contribution < -0.4 is 20.9 Å². The number of aromatic hydroxyl groups is 2. The number of methoxy groups -OCH3 is 1. The zero-order valence-electron chi connectivity index (χ0n) is 12.8. The molecule has 0 heterocycles. The Morgan fingerprint density at radius 3 is 2.43 bits per heavy atom. The lowest BCUT2D eigenvalue weighted by Crippen LogP contribution is -2.15. The quantitative estimate of drug-likeness (QED) is 0.449. The largest absolute Gasteiger partial charge is 0.507 e. The SMILES string of the molecule is C=c1c(C)c(O)c(=C)c(Oc2cc(C(=O)OC)ccc2N)c1O. The van der Waals surface area contributed by atoms with E-state index in [2.05, 4.69) is 17.9 Å². The van der Waals surface area contributed by atoms with Crippen molar-refractivity contribution in [1.82, 2.24) is 0 Å². The van der Waals surface area contributed by atoms with E-state index < -0.39 is 5.97 Å². The zero-order valence-corrected chi connectivity index (χ0v) is 12.8. The Balaban J connectivity index is 2.59. The topological polar surface area (TPSA) is 102 Å². The summed E-state index contributed by atoms with van der Waals surface area (Å²) in [6, 6.07) is 4.33. The van der Waals surface area contributed by atoms with E-state index in [9.17, 15) is 15.0 Å². The van der Waals surface area contributed by atoms with Gasteiger partial charge in [-0.2, -0.15) is 0 Å². The van der Waals surface area contributed by atoms with Crippen molar-refractivity contribution in [2.24, 2.45) is 0 Å². The third-order valence-electron chi connectivity index (χ3n) is 3.52. The first kappa shape index (κ1) is 16.2. The van der Waals surface area contributed by atoms with E-state index in [0.29, 0.717) is 5.56 Å². The second-order valence-corrected chi connectivity index (χ2v) is 4.95. The Labute approximate surface area is 132 Å². The van der Waals surface area contributed by atoms with Crippen molar-refractivity contribution >= 4 is 24.8 Å². The minimum atomic E-state index is -0.557. The highest BCUT2D eigenvalue weighted by Crippen LogP contribution is 2.32. The number of nitrogens with two attached hydrogens (primary N) is 1. The fourth-order valence-electron chi connectivity index (χ4n) is 2.02. The van der Waals surface area contributed by atoms with Gasteiger partial charge in [-0.3, -0.25) is 0 Å². The van der Waals surface area contributed by atoms with Crippen LogP contribution in [0.25, 0.3) is 13.2 Å². The van der Waals surface area contributed by atoms with Gasteiger partial charge in [-0.15, -0.1) is 0 Å².